The Kier molecular flexibility index (Phi) is 9.16. The molecular weight excluding hydrogens is 584 g/mol. The van der Waals surface area contributed by atoms with Crippen molar-refractivity contribution in [3.05, 3.63) is 70.3 Å². The maximum atomic E-state index is 13.3. The third-order valence-corrected chi connectivity index (χ3v) is 8.31. The second kappa shape index (κ2) is 13.0. The number of ether oxygens (including phenoxy) is 1. The van der Waals surface area contributed by atoms with E-state index in [1.807, 2.05) is 30.9 Å². The van der Waals surface area contributed by atoms with E-state index in [0.29, 0.717) is 55.1 Å². The molecule has 4 aromatic rings. The van der Waals surface area contributed by atoms with Crippen molar-refractivity contribution in [2.75, 3.05) is 31.1 Å². The average molecular weight is 622 g/mol. The van der Waals surface area contributed by atoms with Gasteiger partial charge in [0.25, 0.3) is 5.56 Å². The summed E-state index contributed by atoms with van der Waals surface area (Å²) in [4.78, 5) is 51.7. The summed E-state index contributed by atoms with van der Waals surface area (Å²) in [7, 11) is 1.62. The van der Waals surface area contributed by atoms with Crippen LogP contribution in [-0.4, -0.2) is 79.8 Å². The Bertz CT molecular complexity index is 1770. The van der Waals surface area contributed by atoms with Gasteiger partial charge in [0.05, 0.1) is 17.4 Å². The maximum Gasteiger partial charge on any atom is 0.387 e. The fourth-order valence-electron chi connectivity index (χ4n) is 5.88. The summed E-state index contributed by atoms with van der Waals surface area (Å²) >= 11 is 0. The van der Waals surface area contributed by atoms with Crippen LogP contribution in [0.2, 0.25) is 0 Å². The number of amides is 2. The molecule has 13 heteroatoms. The zero-order valence-corrected chi connectivity index (χ0v) is 26.0. The van der Waals surface area contributed by atoms with Gasteiger partial charge < -0.3 is 19.4 Å². The lowest BCUT2D eigenvalue weighted by Gasteiger charge is -2.39. The molecule has 0 bridgehead atoms. The minimum absolute atomic E-state index is 0.00693. The summed E-state index contributed by atoms with van der Waals surface area (Å²) in [5.41, 5.74) is 3.08. The smallest absolute Gasteiger partial charge is 0.387 e. The molecule has 45 heavy (non-hydrogen) atoms. The van der Waals surface area contributed by atoms with Crippen LogP contribution >= 0.6 is 0 Å². The minimum Gasteiger partial charge on any atom is -0.434 e. The van der Waals surface area contributed by atoms with Gasteiger partial charge in [-0.3, -0.25) is 23.7 Å². The van der Waals surface area contributed by atoms with Gasteiger partial charge in [0.15, 0.2) is 0 Å². The van der Waals surface area contributed by atoms with Crippen molar-refractivity contribution < 1.29 is 23.1 Å². The van der Waals surface area contributed by atoms with Crippen molar-refractivity contribution in [2.45, 2.75) is 53.4 Å². The Morgan fingerprint density at radius 2 is 1.80 bits per heavy atom. The fourth-order valence-corrected chi connectivity index (χ4v) is 5.88. The number of nitrogens with zero attached hydrogens (tertiary/aromatic N) is 7. The maximum absolute atomic E-state index is 13.3. The molecule has 1 aliphatic heterocycles. The zero-order chi connectivity index (χ0) is 32.4. The zero-order valence-electron chi connectivity index (χ0n) is 26.0. The van der Waals surface area contributed by atoms with Crippen molar-refractivity contribution in [3.8, 4) is 16.9 Å². The van der Waals surface area contributed by atoms with Gasteiger partial charge in [-0.1, -0.05) is 12.1 Å². The van der Waals surface area contributed by atoms with Gasteiger partial charge in [-0.15, -0.1) is 0 Å². The molecule has 0 radical (unpaired) electrons. The Labute approximate surface area is 259 Å². The number of halogens is 2. The highest BCUT2D eigenvalue weighted by Gasteiger charge is 2.26. The number of hydrogen-bond donors (Lipinski definition) is 0. The van der Waals surface area contributed by atoms with E-state index in [-0.39, 0.29) is 35.7 Å². The first kappa shape index (κ1) is 31.6. The van der Waals surface area contributed by atoms with Gasteiger partial charge in [-0.2, -0.15) is 8.78 Å². The molecule has 0 unspecified atom stereocenters. The summed E-state index contributed by atoms with van der Waals surface area (Å²) in [6.07, 6.45) is 3.45. The number of alkyl halides is 2. The molecule has 238 valence electrons. The predicted octanol–water partition coefficient (Wildman–Crippen LogP) is 3.87. The van der Waals surface area contributed by atoms with E-state index in [2.05, 4.69) is 14.9 Å². The molecule has 1 atom stereocenters. The largest absolute Gasteiger partial charge is 0.434 e. The molecule has 1 fully saturated rings. The fraction of sp³-hybridized carbons (Fsp3) is 0.406. The predicted molar refractivity (Wildman–Crippen MR) is 166 cm³/mol. The van der Waals surface area contributed by atoms with Crippen LogP contribution in [0.5, 0.6) is 5.75 Å². The molecule has 3 heterocycles. The first-order valence-corrected chi connectivity index (χ1v) is 14.8. The van der Waals surface area contributed by atoms with Crippen LogP contribution in [0, 0.1) is 0 Å². The molecule has 1 saturated heterocycles. The summed E-state index contributed by atoms with van der Waals surface area (Å²) in [6.45, 7) is 6.64. The topological polar surface area (TPSA) is 106 Å². The van der Waals surface area contributed by atoms with Crippen molar-refractivity contribution in [2.24, 2.45) is 7.05 Å². The lowest BCUT2D eigenvalue weighted by molar-refractivity contribution is -0.131. The van der Waals surface area contributed by atoms with E-state index in [1.54, 1.807) is 54.1 Å². The van der Waals surface area contributed by atoms with Gasteiger partial charge in [-0.05, 0) is 49.2 Å². The average Bonchev–Trinajstić information content (AvgIpc) is 3.24. The molecule has 0 saturated carbocycles. The Morgan fingerprint density at radius 3 is 2.42 bits per heavy atom. The van der Waals surface area contributed by atoms with E-state index in [0.717, 1.165) is 16.7 Å². The van der Waals surface area contributed by atoms with Crippen LogP contribution in [0.3, 0.4) is 0 Å². The van der Waals surface area contributed by atoms with Crippen molar-refractivity contribution in [1.82, 2.24) is 29.1 Å². The van der Waals surface area contributed by atoms with Crippen LogP contribution in [0.25, 0.3) is 22.0 Å². The lowest BCUT2D eigenvalue weighted by Crippen LogP contribution is -2.53. The van der Waals surface area contributed by atoms with E-state index >= 15 is 0 Å². The van der Waals surface area contributed by atoms with E-state index < -0.39 is 6.61 Å². The van der Waals surface area contributed by atoms with Gasteiger partial charge in [0.1, 0.15) is 5.75 Å². The second-order valence-electron chi connectivity index (χ2n) is 11.3. The van der Waals surface area contributed by atoms with Crippen LogP contribution < -0.4 is 15.2 Å². The lowest BCUT2D eigenvalue weighted by atomic mass is 10.1. The van der Waals surface area contributed by atoms with Gasteiger partial charge in [0, 0.05) is 83.2 Å². The number of aromatic nitrogens is 4. The summed E-state index contributed by atoms with van der Waals surface area (Å²) in [5, 5.41) is 0.470. The van der Waals surface area contributed by atoms with E-state index in [4.69, 9.17) is 4.74 Å². The highest BCUT2D eigenvalue weighted by Crippen LogP contribution is 2.28. The van der Waals surface area contributed by atoms with E-state index in [1.165, 1.54) is 17.7 Å². The number of benzene rings is 2. The number of anilines is 1. The van der Waals surface area contributed by atoms with Gasteiger partial charge >= 0.3 is 6.61 Å². The van der Waals surface area contributed by atoms with Crippen molar-refractivity contribution in [3.63, 3.8) is 0 Å². The molecule has 2 aromatic carbocycles. The summed E-state index contributed by atoms with van der Waals surface area (Å²) in [5.74, 6) is 0.520. The molecule has 11 nitrogen and oxygen atoms in total. The molecule has 0 N–H and O–H groups in total. The molecule has 5 rings (SSSR count). The number of piperazine rings is 1. The second-order valence-corrected chi connectivity index (χ2v) is 11.3. The highest BCUT2D eigenvalue weighted by atomic mass is 19.3. The SMILES string of the molecule is CCN(Cc1ccc(OC(F)F)c(Cn2c3cc(-c4cnc(N5CCN(C(C)=O)[C@H](C)C5)nc4)ccc3c(=O)n2C)c1)C(C)=O. The quantitative estimate of drug-likeness (QED) is 0.279. The summed E-state index contributed by atoms with van der Waals surface area (Å²) < 4.78 is 34.7. The number of fused-ring (bicyclic) bond motifs is 1. The minimum atomic E-state index is -3.03. The van der Waals surface area contributed by atoms with Crippen LogP contribution in [-0.2, 0) is 29.7 Å². The number of carbonyl (C=O) groups is 2. The normalized spacial score (nSPS) is 15.2. The van der Waals surface area contributed by atoms with Crippen molar-refractivity contribution >= 4 is 28.7 Å². The van der Waals surface area contributed by atoms with Crippen LogP contribution in [0.15, 0.2) is 53.6 Å². The van der Waals surface area contributed by atoms with Crippen LogP contribution in [0.4, 0.5) is 14.7 Å². The monoisotopic (exact) mass is 621 g/mol. The number of rotatable bonds is 9. The highest BCUT2D eigenvalue weighted by molar-refractivity contribution is 5.84. The summed E-state index contributed by atoms with van der Waals surface area (Å²) in [6, 6.07) is 10.3. The third kappa shape index (κ3) is 6.66. The first-order valence-electron chi connectivity index (χ1n) is 14.8. The van der Waals surface area contributed by atoms with Gasteiger partial charge in [-0.25, -0.2) is 9.97 Å². The number of hydrogen-bond acceptors (Lipinski definition) is 7. The molecule has 0 aliphatic carbocycles. The third-order valence-electron chi connectivity index (χ3n) is 8.31. The Hall–Kier alpha value is -4.81. The van der Waals surface area contributed by atoms with Crippen molar-refractivity contribution in [1.29, 1.82) is 0 Å². The molecule has 2 amide bonds. The molecule has 2 aromatic heterocycles. The first-order chi connectivity index (χ1) is 21.5. The van der Waals surface area contributed by atoms with E-state index in [9.17, 15) is 23.2 Å². The van der Waals surface area contributed by atoms with Gasteiger partial charge in [0.2, 0.25) is 17.8 Å². The molecule has 1 aliphatic rings. The Balaban J connectivity index is 1.46. The van der Waals surface area contributed by atoms with Crippen LogP contribution in [0.1, 0.15) is 38.8 Å². The number of carbonyl (C=O) groups excluding carboxylic acids is 2. The standard InChI is InChI=1S/C32H37F2N7O4/c1-6-38(21(3)42)18-23-7-10-29(45-31(33)34)25(13-23)19-41-28-14-24(8-9-27(28)30(44)37(41)5)26-15-35-32(36-16-26)39-11-12-40(22(4)43)20(2)17-39/h7-10,13-16,20,31H,6,11-12,17-19H2,1-5H3/t20-/m1/s1. The Morgan fingerprint density at radius 1 is 1.07 bits per heavy atom. The molecular formula is C32H37F2N7O4. The molecule has 0 spiro atoms.